The molecule has 0 bridgehead atoms. The predicted molar refractivity (Wildman–Crippen MR) is 91.2 cm³/mol. The van der Waals surface area contributed by atoms with E-state index in [1.165, 1.54) is 14.0 Å². The van der Waals surface area contributed by atoms with Gasteiger partial charge in [0.15, 0.2) is 6.10 Å². The number of hydrogen-bond donors (Lipinski definition) is 2. The minimum absolute atomic E-state index is 0.0557. The molecule has 1 atom stereocenters. The number of ether oxygens (including phenoxy) is 1. The number of carbonyl (C=O) groups excluding carboxylic acids is 3. The molecular formula is C16H17ClN4O5. The molecule has 2 rings (SSSR count). The quantitative estimate of drug-likeness (QED) is 0.731. The Morgan fingerprint density at radius 1 is 1.27 bits per heavy atom. The van der Waals surface area contributed by atoms with Crippen molar-refractivity contribution in [3.63, 3.8) is 0 Å². The molecule has 0 aliphatic carbocycles. The molecule has 1 heterocycles. The summed E-state index contributed by atoms with van der Waals surface area (Å²) in [5.41, 5.74) is 0.728. The van der Waals surface area contributed by atoms with Gasteiger partial charge in [-0.05, 0) is 31.2 Å². The summed E-state index contributed by atoms with van der Waals surface area (Å²) in [5, 5.41) is 8.67. The SMILES string of the molecule is CNC(=O)NC(=O)C(C)OC(=O)CCc1nc(-c2ccc(Cl)cc2)no1. The highest BCUT2D eigenvalue weighted by Gasteiger charge is 2.20. The summed E-state index contributed by atoms with van der Waals surface area (Å²) >= 11 is 5.82. The minimum atomic E-state index is -1.10. The maximum Gasteiger partial charge on any atom is 0.321 e. The van der Waals surface area contributed by atoms with Gasteiger partial charge in [-0.25, -0.2) is 4.79 Å². The van der Waals surface area contributed by atoms with E-state index in [0.717, 1.165) is 5.56 Å². The number of amides is 3. The number of carbonyl (C=O) groups is 3. The number of hydrogen-bond acceptors (Lipinski definition) is 7. The summed E-state index contributed by atoms with van der Waals surface area (Å²) in [6, 6.07) is 6.22. The van der Waals surface area contributed by atoms with Crippen LogP contribution in [-0.4, -0.2) is 41.2 Å². The monoisotopic (exact) mass is 380 g/mol. The van der Waals surface area contributed by atoms with Crippen molar-refractivity contribution in [3.05, 3.63) is 35.2 Å². The Kier molecular flexibility index (Phi) is 6.67. The zero-order chi connectivity index (χ0) is 19.1. The fourth-order valence-corrected chi connectivity index (χ4v) is 1.99. The minimum Gasteiger partial charge on any atom is -0.453 e. The van der Waals surface area contributed by atoms with Crippen LogP contribution in [0.15, 0.2) is 28.8 Å². The van der Waals surface area contributed by atoms with Crippen molar-refractivity contribution in [2.24, 2.45) is 0 Å². The highest BCUT2D eigenvalue weighted by atomic mass is 35.5. The number of imide groups is 1. The third-order valence-corrected chi connectivity index (χ3v) is 3.51. The molecule has 10 heteroatoms. The first kappa shape index (κ1) is 19.4. The van der Waals surface area contributed by atoms with Crippen LogP contribution < -0.4 is 10.6 Å². The highest BCUT2D eigenvalue weighted by molar-refractivity contribution is 6.30. The number of aromatic nitrogens is 2. The normalized spacial score (nSPS) is 11.5. The Morgan fingerprint density at radius 3 is 2.62 bits per heavy atom. The predicted octanol–water partition coefficient (Wildman–Crippen LogP) is 1.71. The first-order chi connectivity index (χ1) is 12.4. The summed E-state index contributed by atoms with van der Waals surface area (Å²) in [7, 11) is 1.36. The smallest absolute Gasteiger partial charge is 0.321 e. The molecule has 0 radical (unpaired) electrons. The van der Waals surface area contributed by atoms with E-state index < -0.39 is 24.0 Å². The first-order valence-corrected chi connectivity index (χ1v) is 8.07. The molecule has 0 aliphatic heterocycles. The number of esters is 1. The lowest BCUT2D eigenvalue weighted by Crippen LogP contribution is -2.43. The lowest BCUT2D eigenvalue weighted by Gasteiger charge is -2.12. The van der Waals surface area contributed by atoms with Gasteiger partial charge in [0.25, 0.3) is 5.91 Å². The summed E-state index contributed by atoms with van der Waals surface area (Å²) in [6.07, 6.45) is -1.00. The van der Waals surface area contributed by atoms with E-state index in [2.05, 4.69) is 15.5 Å². The lowest BCUT2D eigenvalue weighted by molar-refractivity contribution is -0.154. The third kappa shape index (κ3) is 5.55. The molecule has 138 valence electrons. The Morgan fingerprint density at radius 2 is 1.96 bits per heavy atom. The fourth-order valence-electron chi connectivity index (χ4n) is 1.87. The second-order valence-electron chi connectivity index (χ2n) is 5.22. The van der Waals surface area contributed by atoms with Crippen molar-refractivity contribution in [3.8, 4) is 11.4 Å². The van der Waals surface area contributed by atoms with Crippen molar-refractivity contribution in [1.29, 1.82) is 0 Å². The Bertz CT molecular complexity index is 790. The van der Waals surface area contributed by atoms with Crippen LogP contribution in [0.2, 0.25) is 5.02 Å². The van der Waals surface area contributed by atoms with Gasteiger partial charge in [-0.1, -0.05) is 16.8 Å². The summed E-state index contributed by atoms with van der Waals surface area (Å²) in [4.78, 5) is 38.6. The average molecular weight is 381 g/mol. The van der Waals surface area contributed by atoms with Gasteiger partial charge in [-0.3, -0.25) is 14.9 Å². The summed E-state index contributed by atoms with van der Waals surface area (Å²) < 4.78 is 10.0. The number of nitrogens with zero attached hydrogens (tertiary/aromatic N) is 2. The molecule has 1 aromatic carbocycles. The molecule has 0 fully saturated rings. The van der Waals surface area contributed by atoms with Crippen molar-refractivity contribution < 1.29 is 23.6 Å². The molecule has 0 saturated carbocycles. The molecule has 9 nitrogen and oxygen atoms in total. The number of halogens is 1. The molecule has 0 aliphatic rings. The average Bonchev–Trinajstić information content (AvgIpc) is 3.09. The van der Waals surface area contributed by atoms with E-state index in [0.29, 0.717) is 10.8 Å². The second kappa shape index (κ2) is 8.95. The van der Waals surface area contributed by atoms with Gasteiger partial charge in [0.2, 0.25) is 11.7 Å². The van der Waals surface area contributed by atoms with Gasteiger partial charge in [-0.2, -0.15) is 4.98 Å². The Labute approximate surface area is 154 Å². The van der Waals surface area contributed by atoms with Gasteiger partial charge in [0, 0.05) is 24.1 Å². The van der Waals surface area contributed by atoms with Crippen molar-refractivity contribution in [2.45, 2.75) is 25.9 Å². The van der Waals surface area contributed by atoms with Crippen LogP contribution in [0.1, 0.15) is 19.2 Å². The molecule has 26 heavy (non-hydrogen) atoms. The molecular weight excluding hydrogens is 364 g/mol. The molecule has 2 aromatic rings. The lowest BCUT2D eigenvalue weighted by atomic mass is 10.2. The topological polar surface area (TPSA) is 123 Å². The van der Waals surface area contributed by atoms with Crippen LogP contribution in [0, 0.1) is 0 Å². The first-order valence-electron chi connectivity index (χ1n) is 7.69. The van der Waals surface area contributed by atoms with Gasteiger partial charge < -0.3 is 14.6 Å². The highest BCUT2D eigenvalue weighted by Crippen LogP contribution is 2.19. The Balaban J connectivity index is 1.83. The van der Waals surface area contributed by atoms with Crippen LogP contribution in [-0.2, 0) is 20.7 Å². The van der Waals surface area contributed by atoms with E-state index in [-0.39, 0.29) is 18.7 Å². The maximum absolute atomic E-state index is 11.8. The largest absolute Gasteiger partial charge is 0.453 e. The maximum atomic E-state index is 11.8. The van der Waals surface area contributed by atoms with Crippen molar-refractivity contribution in [1.82, 2.24) is 20.8 Å². The standard InChI is InChI=1S/C16H17ClN4O5/c1-9(15(23)20-16(24)18-2)25-13(22)8-7-12-19-14(21-26-12)10-3-5-11(17)6-4-10/h3-6,9H,7-8H2,1-2H3,(H2,18,20,23,24). The molecule has 1 aromatic heterocycles. The van der Waals surface area contributed by atoms with E-state index >= 15 is 0 Å². The van der Waals surface area contributed by atoms with E-state index in [1.54, 1.807) is 24.3 Å². The number of benzene rings is 1. The van der Waals surface area contributed by atoms with Crippen LogP contribution in [0.5, 0.6) is 0 Å². The Hall–Kier alpha value is -2.94. The van der Waals surface area contributed by atoms with Gasteiger partial charge in [0.1, 0.15) is 0 Å². The van der Waals surface area contributed by atoms with Gasteiger partial charge in [-0.15, -0.1) is 0 Å². The number of urea groups is 1. The fraction of sp³-hybridized carbons (Fsp3) is 0.312. The van der Waals surface area contributed by atoms with Crippen molar-refractivity contribution in [2.75, 3.05) is 7.05 Å². The number of rotatable bonds is 6. The van der Waals surface area contributed by atoms with Crippen LogP contribution in [0.3, 0.4) is 0 Å². The number of nitrogens with one attached hydrogen (secondary N) is 2. The third-order valence-electron chi connectivity index (χ3n) is 3.25. The molecule has 1 unspecified atom stereocenters. The zero-order valence-electron chi connectivity index (χ0n) is 14.1. The summed E-state index contributed by atoms with van der Waals surface area (Å²) in [6.45, 7) is 1.36. The number of aryl methyl sites for hydroxylation is 1. The van der Waals surface area contributed by atoms with Crippen LogP contribution >= 0.6 is 11.6 Å². The van der Waals surface area contributed by atoms with Gasteiger partial charge >= 0.3 is 12.0 Å². The van der Waals surface area contributed by atoms with E-state index in [9.17, 15) is 14.4 Å². The van der Waals surface area contributed by atoms with Crippen LogP contribution in [0.4, 0.5) is 4.79 Å². The second-order valence-corrected chi connectivity index (χ2v) is 5.66. The molecule has 3 amide bonds. The van der Waals surface area contributed by atoms with Crippen molar-refractivity contribution >= 4 is 29.5 Å². The van der Waals surface area contributed by atoms with Crippen LogP contribution in [0.25, 0.3) is 11.4 Å². The van der Waals surface area contributed by atoms with E-state index in [4.69, 9.17) is 20.9 Å². The van der Waals surface area contributed by atoms with E-state index in [1.807, 2.05) is 5.32 Å². The molecule has 0 spiro atoms. The van der Waals surface area contributed by atoms with Gasteiger partial charge in [0.05, 0.1) is 6.42 Å². The molecule has 2 N–H and O–H groups in total. The zero-order valence-corrected chi connectivity index (χ0v) is 14.9. The summed E-state index contributed by atoms with van der Waals surface area (Å²) in [5.74, 6) is -0.714. The molecule has 0 saturated heterocycles.